The van der Waals surface area contributed by atoms with E-state index in [4.69, 9.17) is 21.3 Å². The summed E-state index contributed by atoms with van der Waals surface area (Å²) in [5, 5.41) is 12.9. The summed E-state index contributed by atoms with van der Waals surface area (Å²) >= 11 is 12.1. The molecule has 1 N–H and O–H groups in total. The summed E-state index contributed by atoms with van der Waals surface area (Å²) in [6, 6.07) is 3.02. The highest BCUT2D eigenvalue weighted by atomic mass is 79.9. The zero-order chi connectivity index (χ0) is 19.6. The fourth-order valence-corrected chi connectivity index (χ4v) is 6.20. The maximum absolute atomic E-state index is 10.1. The van der Waals surface area contributed by atoms with Gasteiger partial charge >= 0.3 is 7.05 Å². The lowest BCUT2D eigenvalue weighted by Crippen LogP contribution is -2.57. The van der Waals surface area contributed by atoms with Crippen LogP contribution in [0.1, 0.15) is 24.0 Å². The minimum absolute atomic E-state index is 0.397. The normalized spacial score (nSPS) is 24.2. The van der Waals surface area contributed by atoms with E-state index in [9.17, 15) is 5.02 Å². The first-order valence-electron chi connectivity index (χ1n) is 9.65. The van der Waals surface area contributed by atoms with Crippen molar-refractivity contribution in [1.82, 2.24) is 9.79 Å². The average molecular weight is 483 g/mol. The Morgan fingerprint density at radius 1 is 1.29 bits per heavy atom. The molecule has 0 aliphatic carbocycles. The molecule has 1 aromatic heterocycles. The number of anilines is 1. The number of rotatable bonds is 3. The monoisotopic (exact) mass is 481 g/mol. The van der Waals surface area contributed by atoms with E-state index in [1.807, 2.05) is 6.82 Å². The van der Waals surface area contributed by atoms with Crippen molar-refractivity contribution in [1.29, 1.82) is 0 Å². The van der Waals surface area contributed by atoms with Crippen molar-refractivity contribution < 1.29 is 9.76 Å². The molecule has 2 saturated heterocycles. The van der Waals surface area contributed by atoms with Crippen molar-refractivity contribution in [3.63, 3.8) is 0 Å². The first-order valence-corrected chi connectivity index (χ1v) is 12.0. The summed E-state index contributed by atoms with van der Waals surface area (Å²) in [6.07, 6.45) is 4.35. The number of hydrogen-bond acceptors (Lipinski definition) is 6. The average Bonchev–Trinajstić information content (AvgIpc) is 3.27. The van der Waals surface area contributed by atoms with E-state index in [0.717, 1.165) is 51.9 Å². The molecule has 0 radical (unpaired) electrons. The molecule has 9 heteroatoms. The Hall–Kier alpha value is -0.505. The number of ether oxygens (including phenoxy) is 1. The topological polar surface area (TPSA) is 48.8 Å². The van der Waals surface area contributed by atoms with E-state index in [1.165, 1.54) is 11.3 Å². The Kier molecular flexibility index (Phi) is 5.09. The van der Waals surface area contributed by atoms with Crippen LogP contribution in [0, 0.1) is 0 Å². The molecule has 0 amide bonds. The summed E-state index contributed by atoms with van der Waals surface area (Å²) in [5.41, 5.74) is 4.44. The predicted octanol–water partition coefficient (Wildman–Crippen LogP) is 4.17. The molecule has 148 valence electrons. The molecule has 2 atom stereocenters. The number of halogens is 2. The SMILES string of the molecule is CSc1cc(N2C3CCC2CN(B(C)O)C3)c2c3c(c(Br)c(Cl)c2n1)COC3. The van der Waals surface area contributed by atoms with Gasteiger partial charge < -0.3 is 19.5 Å². The lowest BCUT2D eigenvalue weighted by Gasteiger charge is -2.43. The van der Waals surface area contributed by atoms with Crippen molar-refractivity contribution in [3.8, 4) is 0 Å². The molecule has 5 rings (SSSR count). The third-order valence-corrected chi connectivity index (χ3v) is 8.42. The van der Waals surface area contributed by atoms with Crippen LogP contribution in [0.5, 0.6) is 0 Å². The van der Waals surface area contributed by atoms with Gasteiger partial charge in [-0.3, -0.25) is 0 Å². The van der Waals surface area contributed by atoms with Crippen LogP contribution in [0.2, 0.25) is 11.8 Å². The van der Waals surface area contributed by atoms with Gasteiger partial charge in [0.15, 0.2) is 0 Å². The number of nitrogens with zero attached hydrogens (tertiary/aromatic N) is 3. The number of pyridine rings is 1. The molecule has 0 spiro atoms. The van der Waals surface area contributed by atoms with Crippen LogP contribution in [-0.2, 0) is 18.0 Å². The van der Waals surface area contributed by atoms with Crippen LogP contribution < -0.4 is 4.90 Å². The third-order valence-electron chi connectivity index (χ3n) is 6.33. The van der Waals surface area contributed by atoms with Gasteiger partial charge in [-0.15, -0.1) is 11.8 Å². The summed E-state index contributed by atoms with van der Waals surface area (Å²) in [4.78, 5) is 9.63. The molecule has 2 unspecified atom stereocenters. The van der Waals surface area contributed by atoms with E-state index in [-0.39, 0.29) is 0 Å². The number of fused-ring (bicyclic) bond motifs is 5. The highest BCUT2D eigenvalue weighted by molar-refractivity contribution is 9.10. The fraction of sp³-hybridized carbons (Fsp3) is 0.526. The molecule has 1 aromatic carbocycles. The molecule has 28 heavy (non-hydrogen) atoms. The molecular formula is C19H22BBrClN3O2S. The minimum atomic E-state index is -0.399. The van der Waals surface area contributed by atoms with Crippen molar-refractivity contribution >= 4 is 62.9 Å². The van der Waals surface area contributed by atoms with Gasteiger partial charge in [0.1, 0.15) is 0 Å². The molecule has 3 aliphatic rings. The first kappa shape index (κ1) is 19.5. The lowest BCUT2D eigenvalue weighted by atomic mass is 9.83. The second-order valence-electron chi connectivity index (χ2n) is 7.86. The highest BCUT2D eigenvalue weighted by Crippen LogP contribution is 2.47. The van der Waals surface area contributed by atoms with Gasteiger partial charge in [0, 0.05) is 40.7 Å². The van der Waals surface area contributed by atoms with E-state index in [2.05, 4.69) is 38.0 Å². The van der Waals surface area contributed by atoms with E-state index >= 15 is 0 Å². The van der Waals surface area contributed by atoms with Crippen LogP contribution in [-0.4, -0.2) is 53.3 Å². The summed E-state index contributed by atoms with van der Waals surface area (Å²) in [7, 11) is -0.399. The van der Waals surface area contributed by atoms with Crippen LogP contribution in [0.25, 0.3) is 10.9 Å². The van der Waals surface area contributed by atoms with Gasteiger partial charge in [0.2, 0.25) is 0 Å². The van der Waals surface area contributed by atoms with Crippen LogP contribution in [0.15, 0.2) is 15.6 Å². The Balaban J connectivity index is 1.72. The maximum atomic E-state index is 10.1. The number of aromatic nitrogens is 1. The molecule has 2 aromatic rings. The van der Waals surface area contributed by atoms with Crippen molar-refractivity contribution in [3.05, 3.63) is 26.7 Å². The summed E-state index contributed by atoms with van der Waals surface area (Å²) in [6.45, 7) is 4.81. The van der Waals surface area contributed by atoms with E-state index < -0.39 is 7.05 Å². The maximum Gasteiger partial charge on any atom is 0.376 e. The predicted molar refractivity (Wildman–Crippen MR) is 119 cm³/mol. The van der Waals surface area contributed by atoms with Gasteiger partial charge in [-0.2, -0.15) is 0 Å². The van der Waals surface area contributed by atoms with Crippen molar-refractivity contribution in [2.45, 2.75) is 50.0 Å². The molecular weight excluding hydrogens is 460 g/mol. The Morgan fingerprint density at radius 3 is 2.61 bits per heavy atom. The Bertz CT molecular complexity index is 949. The van der Waals surface area contributed by atoms with Crippen molar-refractivity contribution in [2.24, 2.45) is 0 Å². The van der Waals surface area contributed by atoms with Gasteiger partial charge in [-0.1, -0.05) is 11.6 Å². The van der Waals surface area contributed by atoms with E-state index in [1.54, 1.807) is 11.8 Å². The first-order chi connectivity index (χ1) is 13.5. The number of hydrogen-bond donors (Lipinski definition) is 1. The third kappa shape index (κ3) is 2.91. The van der Waals surface area contributed by atoms with Gasteiger partial charge in [-0.05, 0) is 59.0 Å². The zero-order valence-corrected chi connectivity index (χ0v) is 19.1. The minimum Gasteiger partial charge on any atom is -0.437 e. The molecule has 4 heterocycles. The molecule has 0 saturated carbocycles. The van der Waals surface area contributed by atoms with Crippen molar-refractivity contribution in [2.75, 3.05) is 24.2 Å². The summed E-state index contributed by atoms with van der Waals surface area (Å²) < 4.78 is 6.70. The van der Waals surface area contributed by atoms with Crippen LogP contribution >= 0.6 is 39.3 Å². The quantitative estimate of drug-likeness (QED) is 0.524. The largest absolute Gasteiger partial charge is 0.437 e. The fourth-order valence-electron chi connectivity index (χ4n) is 4.99. The summed E-state index contributed by atoms with van der Waals surface area (Å²) in [5.74, 6) is 0. The van der Waals surface area contributed by atoms with Gasteiger partial charge in [0.05, 0.1) is 28.8 Å². The second-order valence-corrected chi connectivity index (χ2v) is 9.86. The van der Waals surface area contributed by atoms with E-state index in [0.29, 0.717) is 30.3 Å². The van der Waals surface area contributed by atoms with Gasteiger partial charge in [0.25, 0.3) is 0 Å². The Labute approximate surface area is 183 Å². The number of benzene rings is 1. The zero-order valence-electron chi connectivity index (χ0n) is 15.9. The van der Waals surface area contributed by atoms with Crippen LogP contribution in [0.4, 0.5) is 5.69 Å². The Morgan fingerprint density at radius 2 is 1.96 bits per heavy atom. The molecule has 2 fully saturated rings. The highest BCUT2D eigenvalue weighted by Gasteiger charge is 2.43. The lowest BCUT2D eigenvalue weighted by molar-refractivity contribution is 0.134. The number of thioether (sulfide) groups is 1. The number of piperazine rings is 1. The molecule has 2 bridgehead atoms. The second kappa shape index (κ2) is 7.32. The molecule has 3 aliphatic heterocycles. The molecule has 5 nitrogen and oxygen atoms in total. The smallest absolute Gasteiger partial charge is 0.376 e. The standard InChI is InChI=1S/C19H22BBrClN3O2S/c1-20(26)24-6-10-3-4-11(7-24)25(10)14-5-15(28-2)23-19-16(14)12-8-27-9-13(12)17(21)18(19)22/h5,10-11,26H,3-4,6-9H2,1-2H3. The van der Waals surface area contributed by atoms with Gasteiger partial charge in [-0.25, -0.2) is 4.98 Å². The van der Waals surface area contributed by atoms with Crippen LogP contribution in [0.3, 0.4) is 0 Å².